The largest absolute Gasteiger partial charge is 0.312 e. The lowest BCUT2D eigenvalue weighted by molar-refractivity contribution is 0.597. The molecule has 0 aliphatic carbocycles. The van der Waals surface area contributed by atoms with Crippen LogP contribution in [-0.2, 0) is 6.42 Å². The summed E-state index contributed by atoms with van der Waals surface area (Å²) in [4.78, 5) is 1.38. The van der Waals surface area contributed by atoms with E-state index in [0.717, 1.165) is 6.42 Å². The van der Waals surface area contributed by atoms with Crippen LogP contribution in [0.15, 0.2) is 28.1 Å². The average molecular weight is 338 g/mol. The lowest BCUT2D eigenvalue weighted by Crippen LogP contribution is -2.19. The standard InChI is InChI=1S/C16H20BrNS/c1-10-7-11(2)13(12(3)8-10)9-15(18-4)16-14(17)5-6-19-16/h5-8,15,18H,9H2,1-4H3. The summed E-state index contributed by atoms with van der Waals surface area (Å²) < 4.78 is 1.21. The second-order valence-electron chi connectivity index (χ2n) is 5.06. The summed E-state index contributed by atoms with van der Waals surface area (Å²) >= 11 is 5.45. The Bertz CT molecular complexity index is 551. The normalized spacial score (nSPS) is 12.7. The van der Waals surface area contributed by atoms with E-state index in [0.29, 0.717) is 6.04 Å². The summed E-state index contributed by atoms with van der Waals surface area (Å²) in [5.74, 6) is 0. The number of nitrogens with one attached hydrogen (secondary N) is 1. The SMILES string of the molecule is CNC(Cc1c(C)cc(C)cc1C)c1sccc1Br. The molecule has 2 aromatic rings. The molecule has 0 amide bonds. The molecule has 1 nitrogen and oxygen atoms in total. The zero-order valence-electron chi connectivity index (χ0n) is 11.9. The number of hydrogen-bond acceptors (Lipinski definition) is 2. The molecule has 1 aromatic carbocycles. The number of benzene rings is 1. The minimum absolute atomic E-state index is 0.370. The van der Waals surface area contributed by atoms with Crippen molar-refractivity contribution >= 4 is 27.3 Å². The number of thiophene rings is 1. The molecule has 1 heterocycles. The van der Waals surface area contributed by atoms with Crippen LogP contribution in [0.5, 0.6) is 0 Å². The van der Waals surface area contributed by atoms with E-state index < -0.39 is 0 Å². The predicted molar refractivity (Wildman–Crippen MR) is 88.2 cm³/mol. The van der Waals surface area contributed by atoms with Crippen molar-refractivity contribution in [3.63, 3.8) is 0 Å². The van der Waals surface area contributed by atoms with Crippen LogP contribution >= 0.6 is 27.3 Å². The lowest BCUT2D eigenvalue weighted by Gasteiger charge is -2.19. The van der Waals surface area contributed by atoms with Crippen molar-refractivity contribution in [3.05, 3.63) is 55.2 Å². The van der Waals surface area contributed by atoms with E-state index in [1.807, 2.05) is 7.05 Å². The van der Waals surface area contributed by atoms with E-state index >= 15 is 0 Å². The molecule has 0 aliphatic heterocycles. The second kappa shape index (κ2) is 6.21. The summed E-state index contributed by atoms with van der Waals surface area (Å²) in [5.41, 5.74) is 5.60. The Labute approximate surface area is 128 Å². The van der Waals surface area contributed by atoms with Crippen LogP contribution in [0, 0.1) is 20.8 Å². The first-order chi connectivity index (χ1) is 9.02. The average Bonchev–Trinajstić information content (AvgIpc) is 2.75. The van der Waals surface area contributed by atoms with Gasteiger partial charge in [-0.25, -0.2) is 0 Å². The highest BCUT2D eigenvalue weighted by Gasteiger charge is 2.17. The van der Waals surface area contributed by atoms with Gasteiger partial charge in [-0.3, -0.25) is 0 Å². The topological polar surface area (TPSA) is 12.0 Å². The Hall–Kier alpha value is -0.640. The minimum Gasteiger partial charge on any atom is -0.312 e. The number of aryl methyl sites for hydroxylation is 3. The molecule has 0 saturated heterocycles. The Kier molecular flexibility index (Phi) is 4.82. The third kappa shape index (κ3) is 3.28. The summed E-state index contributed by atoms with van der Waals surface area (Å²) in [6.45, 7) is 6.59. The van der Waals surface area contributed by atoms with Crippen LogP contribution < -0.4 is 5.32 Å². The molecule has 1 N–H and O–H groups in total. The van der Waals surface area contributed by atoms with Gasteiger partial charge in [-0.05, 0) is 78.3 Å². The van der Waals surface area contributed by atoms with Crippen LogP contribution in [0.4, 0.5) is 0 Å². The fourth-order valence-electron chi connectivity index (χ4n) is 2.62. The maximum Gasteiger partial charge on any atom is 0.0464 e. The molecule has 1 aromatic heterocycles. The van der Waals surface area contributed by atoms with Gasteiger partial charge in [0.1, 0.15) is 0 Å². The maximum atomic E-state index is 3.64. The van der Waals surface area contributed by atoms with Gasteiger partial charge in [0.25, 0.3) is 0 Å². The van der Waals surface area contributed by atoms with Crippen LogP contribution in [0.1, 0.15) is 33.2 Å². The monoisotopic (exact) mass is 337 g/mol. The van der Waals surface area contributed by atoms with Gasteiger partial charge >= 0.3 is 0 Å². The summed E-state index contributed by atoms with van der Waals surface area (Å²) in [7, 11) is 2.04. The molecular formula is C16H20BrNS. The molecule has 0 aliphatic rings. The number of likely N-dealkylation sites (N-methyl/N-ethyl adjacent to an activating group) is 1. The molecule has 19 heavy (non-hydrogen) atoms. The number of hydrogen-bond donors (Lipinski definition) is 1. The number of rotatable bonds is 4. The molecule has 0 saturated carbocycles. The fourth-order valence-corrected chi connectivity index (χ4v) is 4.38. The smallest absolute Gasteiger partial charge is 0.0464 e. The first kappa shape index (κ1) is 14.8. The molecule has 0 radical (unpaired) electrons. The van der Waals surface area contributed by atoms with Crippen molar-refractivity contribution in [2.24, 2.45) is 0 Å². The quantitative estimate of drug-likeness (QED) is 0.833. The van der Waals surface area contributed by atoms with Crippen molar-refractivity contribution in [3.8, 4) is 0 Å². The zero-order chi connectivity index (χ0) is 14.0. The van der Waals surface area contributed by atoms with Crippen LogP contribution in [-0.4, -0.2) is 7.05 Å². The van der Waals surface area contributed by atoms with Crippen molar-refractivity contribution in [1.29, 1.82) is 0 Å². The Morgan fingerprint density at radius 2 is 1.84 bits per heavy atom. The van der Waals surface area contributed by atoms with E-state index in [1.54, 1.807) is 11.3 Å². The summed E-state index contributed by atoms with van der Waals surface area (Å²) in [6.07, 6.45) is 1.04. The minimum atomic E-state index is 0.370. The fraction of sp³-hybridized carbons (Fsp3) is 0.375. The molecular weight excluding hydrogens is 318 g/mol. The molecule has 102 valence electrons. The Morgan fingerprint density at radius 3 is 2.32 bits per heavy atom. The predicted octanol–water partition coefficient (Wildman–Crippen LogP) is 4.94. The van der Waals surface area contributed by atoms with E-state index in [-0.39, 0.29) is 0 Å². The molecule has 0 fully saturated rings. The third-order valence-corrected chi connectivity index (χ3v) is 5.54. The molecule has 2 rings (SSSR count). The van der Waals surface area contributed by atoms with Crippen molar-refractivity contribution in [2.75, 3.05) is 7.05 Å². The molecule has 1 atom stereocenters. The molecule has 0 bridgehead atoms. The maximum absolute atomic E-state index is 3.64. The van der Waals surface area contributed by atoms with E-state index in [9.17, 15) is 0 Å². The van der Waals surface area contributed by atoms with Gasteiger partial charge in [0.05, 0.1) is 0 Å². The van der Waals surface area contributed by atoms with E-state index in [4.69, 9.17) is 0 Å². The van der Waals surface area contributed by atoms with Gasteiger partial charge < -0.3 is 5.32 Å². The van der Waals surface area contributed by atoms with Crippen LogP contribution in [0.3, 0.4) is 0 Å². The van der Waals surface area contributed by atoms with Gasteiger partial charge in [0.15, 0.2) is 0 Å². The first-order valence-corrected chi connectivity index (χ1v) is 8.17. The summed E-state index contributed by atoms with van der Waals surface area (Å²) in [6, 6.07) is 7.05. The van der Waals surface area contributed by atoms with Crippen LogP contribution in [0.25, 0.3) is 0 Å². The highest BCUT2D eigenvalue weighted by molar-refractivity contribution is 9.10. The first-order valence-electron chi connectivity index (χ1n) is 6.49. The van der Waals surface area contributed by atoms with Gasteiger partial charge in [0, 0.05) is 15.4 Å². The lowest BCUT2D eigenvalue weighted by atomic mass is 9.94. The summed E-state index contributed by atoms with van der Waals surface area (Å²) in [5, 5.41) is 5.58. The van der Waals surface area contributed by atoms with Crippen molar-refractivity contribution in [2.45, 2.75) is 33.2 Å². The van der Waals surface area contributed by atoms with Gasteiger partial charge in [-0.2, -0.15) is 0 Å². The van der Waals surface area contributed by atoms with Gasteiger partial charge in [-0.1, -0.05) is 17.7 Å². The second-order valence-corrected chi connectivity index (χ2v) is 6.86. The Morgan fingerprint density at radius 1 is 1.21 bits per heavy atom. The zero-order valence-corrected chi connectivity index (χ0v) is 14.3. The molecule has 1 unspecified atom stereocenters. The van der Waals surface area contributed by atoms with E-state index in [1.165, 1.54) is 31.6 Å². The molecule has 3 heteroatoms. The van der Waals surface area contributed by atoms with Crippen molar-refractivity contribution in [1.82, 2.24) is 5.32 Å². The third-order valence-electron chi connectivity index (χ3n) is 3.56. The Balaban J connectivity index is 2.32. The van der Waals surface area contributed by atoms with Crippen molar-refractivity contribution < 1.29 is 0 Å². The highest BCUT2D eigenvalue weighted by Crippen LogP contribution is 2.32. The molecule has 0 spiro atoms. The van der Waals surface area contributed by atoms with Gasteiger partial charge in [-0.15, -0.1) is 11.3 Å². The van der Waals surface area contributed by atoms with E-state index in [2.05, 4.69) is 65.6 Å². The highest BCUT2D eigenvalue weighted by atomic mass is 79.9. The number of halogens is 1. The van der Waals surface area contributed by atoms with Gasteiger partial charge in [0.2, 0.25) is 0 Å². The van der Waals surface area contributed by atoms with Crippen LogP contribution in [0.2, 0.25) is 0 Å².